The minimum Gasteiger partial charge on any atom is -0.317 e. The standard InChI is InChI=1S/C11H18N4O/c1-9-12-13-11(14(9)2)7-15-5-3-4-10(6-15)8-16/h8,10H,3-7H2,1-2H3. The summed E-state index contributed by atoms with van der Waals surface area (Å²) in [5, 5.41) is 8.18. The van der Waals surface area contributed by atoms with Crippen LogP contribution in [0.4, 0.5) is 0 Å². The van der Waals surface area contributed by atoms with Gasteiger partial charge in [0.2, 0.25) is 0 Å². The second-order valence-electron chi connectivity index (χ2n) is 4.50. The van der Waals surface area contributed by atoms with Crippen molar-refractivity contribution in [3.05, 3.63) is 11.6 Å². The van der Waals surface area contributed by atoms with E-state index >= 15 is 0 Å². The van der Waals surface area contributed by atoms with Crippen molar-refractivity contribution in [3.63, 3.8) is 0 Å². The van der Waals surface area contributed by atoms with Crippen molar-refractivity contribution >= 4 is 6.29 Å². The first-order valence-electron chi connectivity index (χ1n) is 5.73. The highest BCUT2D eigenvalue weighted by Crippen LogP contribution is 2.16. The number of likely N-dealkylation sites (tertiary alicyclic amines) is 1. The largest absolute Gasteiger partial charge is 0.317 e. The molecule has 0 amide bonds. The molecule has 0 bridgehead atoms. The number of aryl methyl sites for hydroxylation is 1. The Morgan fingerprint density at radius 1 is 1.50 bits per heavy atom. The molecule has 0 aromatic carbocycles. The zero-order chi connectivity index (χ0) is 11.5. The van der Waals surface area contributed by atoms with E-state index in [0.717, 1.165) is 50.4 Å². The maximum absolute atomic E-state index is 10.8. The molecular formula is C11H18N4O. The van der Waals surface area contributed by atoms with Gasteiger partial charge in [0.1, 0.15) is 17.9 Å². The van der Waals surface area contributed by atoms with Gasteiger partial charge < -0.3 is 9.36 Å². The average molecular weight is 222 g/mol. The molecule has 5 heteroatoms. The first-order valence-corrected chi connectivity index (χ1v) is 5.73. The lowest BCUT2D eigenvalue weighted by atomic mass is 10.00. The Kier molecular flexibility index (Phi) is 3.33. The molecular weight excluding hydrogens is 204 g/mol. The molecule has 1 aliphatic heterocycles. The summed E-state index contributed by atoms with van der Waals surface area (Å²) in [4.78, 5) is 13.1. The van der Waals surface area contributed by atoms with Gasteiger partial charge in [0.05, 0.1) is 6.54 Å². The lowest BCUT2D eigenvalue weighted by Crippen LogP contribution is -2.36. The summed E-state index contributed by atoms with van der Waals surface area (Å²) in [6, 6.07) is 0. The number of nitrogens with zero attached hydrogens (tertiary/aromatic N) is 4. The second-order valence-corrected chi connectivity index (χ2v) is 4.50. The highest BCUT2D eigenvalue weighted by atomic mass is 16.1. The molecule has 1 aliphatic rings. The smallest absolute Gasteiger partial charge is 0.146 e. The Morgan fingerprint density at radius 3 is 2.94 bits per heavy atom. The van der Waals surface area contributed by atoms with E-state index < -0.39 is 0 Å². The first kappa shape index (κ1) is 11.3. The van der Waals surface area contributed by atoms with Crippen LogP contribution in [0.1, 0.15) is 24.5 Å². The second kappa shape index (κ2) is 4.74. The highest BCUT2D eigenvalue weighted by Gasteiger charge is 2.20. The molecule has 0 radical (unpaired) electrons. The van der Waals surface area contributed by atoms with E-state index in [0.29, 0.717) is 0 Å². The van der Waals surface area contributed by atoms with Crippen LogP contribution in [0.3, 0.4) is 0 Å². The molecule has 5 nitrogen and oxygen atoms in total. The summed E-state index contributed by atoms with van der Waals surface area (Å²) in [5.41, 5.74) is 0. The third kappa shape index (κ3) is 2.29. The molecule has 1 aromatic heterocycles. The van der Waals surface area contributed by atoms with Crippen molar-refractivity contribution < 1.29 is 4.79 Å². The van der Waals surface area contributed by atoms with E-state index in [1.807, 2.05) is 18.5 Å². The lowest BCUT2D eigenvalue weighted by molar-refractivity contribution is -0.112. The van der Waals surface area contributed by atoms with Crippen molar-refractivity contribution in [1.82, 2.24) is 19.7 Å². The zero-order valence-corrected chi connectivity index (χ0v) is 9.89. The summed E-state index contributed by atoms with van der Waals surface area (Å²) in [6.07, 6.45) is 3.20. The Bertz CT molecular complexity index is 374. The van der Waals surface area contributed by atoms with E-state index in [4.69, 9.17) is 0 Å². The van der Waals surface area contributed by atoms with Gasteiger partial charge in [0, 0.05) is 19.5 Å². The summed E-state index contributed by atoms with van der Waals surface area (Å²) in [6.45, 7) is 4.65. The van der Waals surface area contributed by atoms with Gasteiger partial charge in [-0.25, -0.2) is 0 Å². The van der Waals surface area contributed by atoms with E-state index in [-0.39, 0.29) is 5.92 Å². The molecule has 2 rings (SSSR count). The Labute approximate surface area is 95.5 Å². The molecule has 88 valence electrons. The van der Waals surface area contributed by atoms with Gasteiger partial charge >= 0.3 is 0 Å². The Balaban J connectivity index is 1.99. The molecule has 1 unspecified atom stereocenters. The topological polar surface area (TPSA) is 51.0 Å². The fourth-order valence-electron chi connectivity index (χ4n) is 2.13. The van der Waals surface area contributed by atoms with Crippen LogP contribution in [-0.2, 0) is 18.4 Å². The molecule has 0 spiro atoms. The van der Waals surface area contributed by atoms with Crippen molar-refractivity contribution in [2.45, 2.75) is 26.3 Å². The van der Waals surface area contributed by atoms with E-state index in [1.54, 1.807) is 0 Å². The summed E-state index contributed by atoms with van der Waals surface area (Å²) < 4.78 is 2.00. The van der Waals surface area contributed by atoms with E-state index in [1.165, 1.54) is 0 Å². The molecule has 16 heavy (non-hydrogen) atoms. The molecule has 1 fully saturated rings. The van der Waals surface area contributed by atoms with Gasteiger partial charge in [-0.1, -0.05) is 0 Å². The van der Waals surface area contributed by atoms with Crippen LogP contribution in [0.25, 0.3) is 0 Å². The van der Waals surface area contributed by atoms with Crippen LogP contribution in [0.15, 0.2) is 0 Å². The zero-order valence-electron chi connectivity index (χ0n) is 9.89. The number of aldehydes is 1. The van der Waals surface area contributed by atoms with Gasteiger partial charge in [0.25, 0.3) is 0 Å². The molecule has 1 aromatic rings. The number of piperidine rings is 1. The molecule has 1 saturated heterocycles. The lowest BCUT2D eigenvalue weighted by Gasteiger charge is -2.29. The summed E-state index contributed by atoms with van der Waals surface area (Å²) >= 11 is 0. The van der Waals surface area contributed by atoms with E-state index in [9.17, 15) is 4.79 Å². The van der Waals surface area contributed by atoms with E-state index in [2.05, 4.69) is 15.1 Å². The number of rotatable bonds is 3. The third-order valence-corrected chi connectivity index (χ3v) is 3.28. The number of hydrogen-bond acceptors (Lipinski definition) is 4. The SMILES string of the molecule is Cc1nnc(CN2CCCC(C=O)C2)n1C. The molecule has 0 aliphatic carbocycles. The first-order chi connectivity index (χ1) is 7.70. The van der Waals surface area contributed by atoms with Crippen molar-refractivity contribution in [2.75, 3.05) is 13.1 Å². The number of carbonyl (C=O) groups excluding carboxylic acids is 1. The molecule has 0 saturated carbocycles. The quantitative estimate of drug-likeness (QED) is 0.700. The van der Waals surface area contributed by atoms with Crippen molar-refractivity contribution in [1.29, 1.82) is 0 Å². The van der Waals surface area contributed by atoms with Crippen LogP contribution in [0.5, 0.6) is 0 Å². The fraction of sp³-hybridized carbons (Fsp3) is 0.727. The Morgan fingerprint density at radius 2 is 2.31 bits per heavy atom. The number of carbonyl (C=O) groups is 1. The monoisotopic (exact) mass is 222 g/mol. The van der Waals surface area contributed by atoms with Crippen molar-refractivity contribution in [3.8, 4) is 0 Å². The van der Waals surface area contributed by atoms with Crippen LogP contribution in [0.2, 0.25) is 0 Å². The van der Waals surface area contributed by atoms with Crippen molar-refractivity contribution in [2.24, 2.45) is 13.0 Å². The van der Waals surface area contributed by atoms with Gasteiger partial charge in [-0.15, -0.1) is 10.2 Å². The van der Waals surface area contributed by atoms with Crippen LogP contribution < -0.4 is 0 Å². The van der Waals surface area contributed by atoms with Crippen LogP contribution >= 0.6 is 0 Å². The van der Waals surface area contributed by atoms with Gasteiger partial charge in [0.15, 0.2) is 0 Å². The number of hydrogen-bond donors (Lipinski definition) is 0. The highest BCUT2D eigenvalue weighted by molar-refractivity contribution is 5.53. The average Bonchev–Trinajstić information content (AvgIpc) is 2.61. The third-order valence-electron chi connectivity index (χ3n) is 3.28. The maximum Gasteiger partial charge on any atom is 0.146 e. The van der Waals surface area contributed by atoms with Crippen LogP contribution in [-0.4, -0.2) is 39.0 Å². The molecule has 0 N–H and O–H groups in total. The minimum absolute atomic E-state index is 0.197. The number of aromatic nitrogens is 3. The van der Waals surface area contributed by atoms with Gasteiger partial charge in [-0.05, 0) is 26.3 Å². The predicted molar refractivity (Wildman–Crippen MR) is 59.8 cm³/mol. The maximum atomic E-state index is 10.8. The minimum atomic E-state index is 0.197. The van der Waals surface area contributed by atoms with Gasteiger partial charge in [-0.2, -0.15) is 0 Å². The predicted octanol–water partition coefficient (Wildman–Crippen LogP) is 0.534. The fourth-order valence-corrected chi connectivity index (χ4v) is 2.13. The normalized spacial score (nSPS) is 22.2. The molecule has 2 heterocycles. The van der Waals surface area contributed by atoms with Crippen LogP contribution in [0, 0.1) is 12.8 Å². The molecule has 1 atom stereocenters. The Hall–Kier alpha value is -1.23. The van der Waals surface area contributed by atoms with Gasteiger partial charge in [-0.3, -0.25) is 4.90 Å². The summed E-state index contributed by atoms with van der Waals surface area (Å²) in [5.74, 6) is 2.10. The summed E-state index contributed by atoms with van der Waals surface area (Å²) in [7, 11) is 1.98.